The molecule has 2 aromatic rings. The third-order valence-corrected chi connectivity index (χ3v) is 3.87. The second kappa shape index (κ2) is 4.70. The molecule has 0 atom stereocenters. The van der Waals surface area contributed by atoms with E-state index in [1.807, 2.05) is 14.0 Å². The predicted molar refractivity (Wildman–Crippen MR) is 73.5 cm³/mol. The monoisotopic (exact) mass is 262 g/mol. The molecule has 2 aromatic heterocycles. The number of carbonyl (C=O) groups excluding carboxylic acids is 1. The van der Waals surface area contributed by atoms with Gasteiger partial charge in [-0.3, -0.25) is 9.48 Å². The van der Waals surface area contributed by atoms with Gasteiger partial charge in [-0.1, -0.05) is 5.92 Å². The van der Waals surface area contributed by atoms with E-state index in [4.69, 9.17) is 5.73 Å². The fourth-order valence-corrected chi connectivity index (χ4v) is 2.89. The van der Waals surface area contributed by atoms with Crippen LogP contribution in [0.5, 0.6) is 0 Å². The van der Waals surface area contributed by atoms with Crippen molar-refractivity contribution in [3.8, 4) is 11.8 Å². The first kappa shape index (κ1) is 12.5. The number of amides is 1. The number of nitrogens with two attached hydrogens (primary N) is 1. The van der Waals surface area contributed by atoms with Crippen molar-refractivity contribution >= 4 is 33.1 Å². The quantitative estimate of drug-likeness (QED) is 0.801. The molecule has 0 aliphatic rings. The van der Waals surface area contributed by atoms with Crippen molar-refractivity contribution in [2.75, 3.05) is 12.3 Å². The topological polar surface area (TPSA) is 72.9 Å². The zero-order chi connectivity index (χ0) is 13.3. The summed E-state index contributed by atoms with van der Waals surface area (Å²) in [7, 11) is 1.84. The average Bonchev–Trinajstić information content (AvgIpc) is 2.80. The van der Waals surface area contributed by atoms with Crippen LogP contribution in [0.15, 0.2) is 0 Å². The molecule has 18 heavy (non-hydrogen) atoms. The van der Waals surface area contributed by atoms with Gasteiger partial charge in [-0.05, 0) is 13.8 Å². The van der Waals surface area contributed by atoms with E-state index in [1.54, 1.807) is 11.6 Å². The summed E-state index contributed by atoms with van der Waals surface area (Å²) < 4.78 is 1.74. The zero-order valence-electron chi connectivity index (χ0n) is 10.5. The third kappa shape index (κ3) is 1.93. The van der Waals surface area contributed by atoms with Crippen LogP contribution in [0.25, 0.3) is 10.2 Å². The lowest BCUT2D eigenvalue weighted by molar-refractivity contribution is 0.0963. The van der Waals surface area contributed by atoms with E-state index in [-0.39, 0.29) is 5.91 Å². The van der Waals surface area contributed by atoms with E-state index in [0.29, 0.717) is 17.1 Å². The van der Waals surface area contributed by atoms with Crippen molar-refractivity contribution in [3.05, 3.63) is 10.6 Å². The molecule has 0 aromatic carbocycles. The minimum absolute atomic E-state index is 0.184. The van der Waals surface area contributed by atoms with E-state index in [1.165, 1.54) is 11.3 Å². The fraction of sp³-hybridized carbons (Fsp3) is 0.333. The van der Waals surface area contributed by atoms with Gasteiger partial charge >= 0.3 is 0 Å². The molecule has 5 nitrogen and oxygen atoms in total. The van der Waals surface area contributed by atoms with Crippen molar-refractivity contribution in [2.24, 2.45) is 7.05 Å². The number of nitrogen functional groups attached to an aromatic ring is 1. The van der Waals surface area contributed by atoms with Crippen molar-refractivity contribution < 1.29 is 4.79 Å². The molecule has 0 bridgehead atoms. The molecule has 0 saturated heterocycles. The highest BCUT2D eigenvalue weighted by atomic mass is 32.1. The van der Waals surface area contributed by atoms with E-state index in [0.717, 1.165) is 15.9 Å². The lowest BCUT2D eigenvalue weighted by Crippen LogP contribution is -2.23. The maximum atomic E-state index is 12.0. The Bertz CT molecular complexity index is 672. The van der Waals surface area contributed by atoms with Crippen molar-refractivity contribution in [2.45, 2.75) is 13.8 Å². The number of hydrogen-bond acceptors (Lipinski definition) is 4. The normalized spacial score (nSPS) is 10.2. The largest absolute Gasteiger partial charge is 0.397 e. The molecule has 1 amide bonds. The van der Waals surface area contributed by atoms with E-state index >= 15 is 0 Å². The van der Waals surface area contributed by atoms with E-state index in [9.17, 15) is 4.79 Å². The first-order valence-electron chi connectivity index (χ1n) is 5.45. The maximum absolute atomic E-state index is 12.0. The summed E-state index contributed by atoms with van der Waals surface area (Å²) in [5.41, 5.74) is 7.36. The lowest BCUT2D eigenvalue weighted by atomic mass is 10.2. The van der Waals surface area contributed by atoms with E-state index in [2.05, 4.69) is 22.3 Å². The van der Waals surface area contributed by atoms with Gasteiger partial charge in [-0.2, -0.15) is 5.10 Å². The average molecular weight is 262 g/mol. The molecular formula is C12H14N4OS. The molecule has 0 fully saturated rings. The van der Waals surface area contributed by atoms with Crippen LogP contribution in [0.3, 0.4) is 0 Å². The Morgan fingerprint density at radius 2 is 2.33 bits per heavy atom. The molecule has 0 saturated carbocycles. The highest BCUT2D eigenvalue weighted by Gasteiger charge is 2.20. The van der Waals surface area contributed by atoms with Crippen molar-refractivity contribution in [1.29, 1.82) is 0 Å². The summed E-state index contributed by atoms with van der Waals surface area (Å²) in [5, 5.41) is 7.87. The predicted octanol–water partition coefficient (Wildman–Crippen LogP) is 1.28. The molecular weight excluding hydrogens is 248 g/mol. The SMILES string of the molecule is CC#CCNC(=O)c1sc2c(c(C)nn2C)c1N. The second-order valence-corrected chi connectivity index (χ2v) is 4.84. The van der Waals surface area contributed by atoms with Gasteiger partial charge in [-0.25, -0.2) is 0 Å². The number of nitrogens with zero attached hydrogens (tertiary/aromatic N) is 2. The molecule has 6 heteroatoms. The molecule has 0 radical (unpaired) electrons. The molecule has 2 rings (SSSR count). The standard InChI is InChI=1S/C12H14N4OS/c1-4-5-6-14-11(17)10-9(13)8-7(2)15-16(3)12(8)18-10/h6,13H2,1-3H3,(H,14,17). The smallest absolute Gasteiger partial charge is 0.264 e. The summed E-state index contributed by atoms with van der Waals surface area (Å²) in [6.45, 7) is 3.95. The van der Waals surface area contributed by atoms with Gasteiger partial charge in [0.25, 0.3) is 5.91 Å². The van der Waals surface area contributed by atoms with Crippen LogP contribution >= 0.6 is 11.3 Å². The van der Waals surface area contributed by atoms with Crippen molar-refractivity contribution in [1.82, 2.24) is 15.1 Å². The molecule has 3 N–H and O–H groups in total. The Balaban J connectivity index is 2.39. The fourth-order valence-electron chi connectivity index (χ4n) is 1.79. The first-order valence-corrected chi connectivity index (χ1v) is 6.27. The number of anilines is 1. The Morgan fingerprint density at radius 3 is 2.94 bits per heavy atom. The van der Waals surface area contributed by atoms with Crippen LogP contribution in [0.1, 0.15) is 22.3 Å². The lowest BCUT2D eigenvalue weighted by Gasteiger charge is -1.99. The number of nitrogens with one attached hydrogen (secondary N) is 1. The summed E-state index contributed by atoms with van der Waals surface area (Å²) in [6.07, 6.45) is 0. The van der Waals surface area contributed by atoms with Crippen molar-refractivity contribution in [3.63, 3.8) is 0 Å². The molecule has 0 unspecified atom stereocenters. The van der Waals surface area contributed by atoms with Gasteiger partial charge in [0.15, 0.2) is 0 Å². The number of aromatic nitrogens is 2. The van der Waals surface area contributed by atoms with Crippen LogP contribution in [-0.4, -0.2) is 22.2 Å². The summed E-state index contributed by atoms with van der Waals surface area (Å²) in [6, 6.07) is 0. The Kier molecular flexibility index (Phi) is 3.26. The van der Waals surface area contributed by atoms with E-state index < -0.39 is 0 Å². The van der Waals surface area contributed by atoms with Gasteiger partial charge in [0.1, 0.15) is 9.71 Å². The number of rotatable bonds is 2. The number of hydrogen-bond donors (Lipinski definition) is 2. The molecule has 0 aliphatic carbocycles. The number of aryl methyl sites for hydroxylation is 2. The number of carbonyl (C=O) groups is 1. The molecule has 94 valence electrons. The number of thiophene rings is 1. The minimum Gasteiger partial charge on any atom is -0.397 e. The summed E-state index contributed by atoms with van der Waals surface area (Å²) in [5.74, 6) is 5.32. The van der Waals surface area contributed by atoms with Gasteiger partial charge in [0.2, 0.25) is 0 Å². The summed E-state index contributed by atoms with van der Waals surface area (Å²) in [4.78, 5) is 13.4. The molecule has 2 heterocycles. The van der Waals surface area contributed by atoms with Crippen LogP contribution in [0.2, 0.25) is 0 Å². The molecule has 0 spiro atoms. The highest BCUT2D eigenvalue weighted by molar-refractivity contribution is 7.21. The van der Waals surface area contributed by atoms with Crippen LogP contribution < -0.4 is 11.1 Å². The first-order chi connectivity index (χ1) is 8.56. The zero-order valence-corrected chi connectivity index (χ0v) is 11.3. The van der Waals surface area contributed by atoms with Gasteiger partial charge in [-0.15, -0.1) is 17.3 Å². The van der Waals surface area contributed by atoms with Crippen LogP contribution in [-0.2, 0) is 7.05 Å². The van der Waals surface area contributed by atoms with Gasteiger partial charge in [0.05, 0.1) is 23.3 Å². The minimum atomic E-state index is -0.184. The summed E-state index contributed by atoms with van der Waals surface area (Å²) >= 11 is 1.35. The van der Waals surface area contributed by atoms with Crippen LogP contribution in [0, 0.1) is 18.8 Å². The van der Waals surface area contributed by atoms with Gasteiger partial charge < -0.3 is 11.1 Å². The molecule has 0 aliphatic heterocycles. The Morgan fingerprint density at radius 1 is 1.61 bits per heavy atom. The van der Waals surface area contributed by atoms with Gasteiger partial charge in [0, 0.05) is 7.05 Å². The maximum Gasteiger partial charge on any atom is 0.264 e. The highest BCUT2D eigenvalue weighted by Crippen LogP contribution is 2.35. The second-order valence-electron chi connectivity index (χ2n) is 3.84. The third-order valence-electron chi connectivity index (χ3n) is 2.60. The van der Waals surface area contributed by atoms with Crippen LogP contribution in [0.4, 0.5) is 5.69 Å². The Hall–Kier alpha value is -2.00. The number of fused-ring (bicyclic) bond motifs is 1. The Labute approximate surface area is 109 Å².